The summed E-state index contributed by atoms with van der Waals surface area (Å²) in [5.74, 6) is 2.47. The highest BCUT2D eigenvalue weighted by Gasteiger charge is 2.20. The summed E-state index contributed by atoms with van der Waals surface area (Å²) >= 11 is 0. The molecule has 2 aliphatic rings. The Morgan fingerprint density at radius 3 is 2.45 bits per heavy atom. The summed E-state index contributed by atoms with van der Waals surface area (Å²) in [6, 6.07) is 6.51. The van der Waals surface area contributed by atoms with Gasteiger partial charge in [0.05, 0.1) is 13.2 Å². The highest BCUT2D eigenvalue weighted by atomic mass is 16.5. The van der Waals surface area contributed by atoms with Crippen LogP contribution in [0.3, 0.4) is 0 Å². The van der Waals surface area contributed by atoms with Crippen molar-refractivity contribution in [3.63, 3.8) is 0 Å². The number of hydrogen-bond acceptors (Lipinski definition) is 3. The number of hydrogen-bond donors (Lipinski definition) is 1. The number of nitrogens with one attached hydrogen (secondary N) is 1. The molecule has 3 nitrogen and oxygen atoms in total. The fourth-order valence-corrected chi connectivity index (χ4v) is 3.38. The predicted molar refractivity (Wildman–Crippen MR) is 80.7 cm³/mol. The molecular formula is C17H25NO2. The molecule has 0 radical (unpaired) electrons. The lowest BCUT2D eigenvalue weighted by Gasteiger charge is -2.24. The van der Waals surface area contributed by atoms with Crippen LogP contribution in [0.15, 0.2) is 18.2 Å². The van der Waals surface area contributed by atoms with Gasteiger partial charge in [0, 0.05) is 0 Å². The van der Waals surface area contributed by atoms with Crippen molar-refractivity contribution in [2.75, 3.05) is 20.2 Å². The molecule has 1 aromatic rings. The molecule has 1 aliphatic carbocycles. The van der Waals surface area contributed by atoms with Crippen molar-refractivity contribution in [2.24, 2.45) is 0 Å². The fraction of sp³-hybridized carbons (Fsp3) is 0.647. The molecule has 0 amide bonds. The lowest BCUT2D eigenvalue weighted by atomic mass is 9.90. The van der Waals surface area contributed by atoms with Gasteiger partial charge in [0.15, 0.2) is 11.5 Å². The van der Waals surface area contributed by atoms with Crippen molar-refractivity contribution >= 4 is 0 Å². The van der Waals surface area contributed by atoms with Gasteiger partial charge in [0.2, 0.25) is 0 Å². The van der Waals surface area contributed by atoms with E-state index in [9.17, 15) is 0 Å². The molecule has 1 aliphatic heterocycles. The molecule has 3 heteroatoms. The molecule has 1 heterocycles. The Labute approximate surface area is 121 Å². The van der Waals surface area contributed by atoms with Crippen molar-refractivity contribution in [1.29, 1.82) is 0 Å². The van der Waals surface area contributed by atoms with E-state index in [0.29, 0.717) is 12.0 Å². The summed E-state index contributed by atoms with van der Waals surface area (Å²) < 4.78 is 11.6. The van der Waals surface area contributed by atoms with E-state index in [1.807, 2.05) is 0 Å². The molecule has 1 saturated carbocycles. The summed E-state index contributed by atoms with van der Waals surface area (Å²) in [7, 11) is 1.74. The van der Waals surface area contributed by atoms with E-state index in [1.165, 1.54) is 44.1 Å². The van der Waals surface area contributed by atoms with E-state index < -0.39 is 0 Å². The summed E-state index contributed by atoms with van der Waals surface area (Å²) in [6.07, 6.45) is 7.75. The zero-order valence-electron chi connectivity index (χ0n) is 12.4. The highest BCUT2D eigenvalue weighted by molar-refractivity contribution is 5.44. The largest absolute Gasteiger partial charge is 0.493 e. The first-order valence-corrected chi connectivity index (χ1v) is 7.92. The van der Waals surface area contributed by atoms with Crippen LogP contribution in [0.1, 0.15) is 50.0 Å². The van der Waals surface area contributed by atoms with E-state index in [4.69, 9.17) is 9.47 Å². The second-order valence-electron chi connectivity index (χ2n) is 5.96. The van der Waals surface area contributed by atoms with Gasteiger partial charge in [-0.3, -0.25) is 0 Å². The second-order valence-corrected chi connectivity index (χ2v) is 5.96. The van der Waals surface area contributed by atoms with E-state index >= 15 is 0 Å². The first kappa shape index (κ1) is 13.7. The van der Waals surface area contributed by atoms with Gasteiger partial charge >= 0.3 is 0 Å². The smallest absolute Gasteiger partial charge is 0.161 e. The minimum Gasteiger partial charge on any atom is -0.493 e. The zero-order valence-corrected chi connectivity index (χ0v) is 12.4. The van der Waals surface area contributed by atoms with E-state index in [2.05, 4.69) is 23.5 Å². The van der Waals surface area contributed by atoms with Gasteiger partial charge < -0.3 is 14.8 Å². The molecule has 110 valence electrons. The molecule has 1 saturated heterocycles. The summed E-state index contributed by atoms with van der Waals surface area (Å²) in [5, 5.41) is 3.42. The van der Waals surface area contributed by atoms with Gasteiger partial charge in [0.1, 0.15) is 0 Å². The van der Waals surface area contributed by atoms with Gasteiger partial charge in [-0.25, -0.2) is 0 Å². The Morgan fingerprint density at radius 1 is 1.00 bits per heavy atom. The molecule has 0 unspecified atom stereocenters. The quantitative estimate of drug-likeness (QED) is 0.912. The monoisotopic (exact) mass is 275 g/mol. The Morgan fingerprint density at radius 2 is 1.75 bits per heavy atom. The first-order valence-electron chi connectivity index (χ1n) is 7.92. The van der Waals surface area contributed by atoms with Crippen molar-refractivity contribution in [1.82, 2.24) is 5.32 Å². The van der Waals surface area contributed by atoms with Crippen LogP contribution in [0, 0.1) is 0 Å². The van der Waals surface area contributed by atoms with Crippen LogP contribution in [-0.4, -0.2) is 26.3 Å². The molecule has 1 aromatic carbocycles. The average Bonchev–Trinajstić information content (AvgIpc) is 3.01. The summed E-state index contributed by atoms with van der Waals surface area (Å²) in [4.78, 5) is 0. The van der Waals surface area contributed by atoms with E-state index in [-0.39, 0.29) is 0 Å². The third-order valence-corrected chi connectivity index (χ3v) is 4.59. The van der Waals surface area contributed by atoms with Crippen molar-refractivity contribution in [3.05, 3.63) is 23.8 Å². The van der Waals surface area contributed by atoms with Crippen LogP contribution in [0.4, 0.5) is 0 Å². The number of rotatable bonds is 4. The fourth-order valence-electron chi connectivity index (χ4n) is 3.38. The predicted octanol–water partition coefficient (Wildman–Crippen LogP) is 3.48. The van der Waals surface area contributed by atoms with Crippen LogP contribution in [0.2, 0.25) is 0 Å². The normalized spacial score (nSPS) is 21.1. The van der Waals surface area contributed by atoms with Crippen LogP contribution in [0.25, 0.3) is 0 Å². The molecule has 0 spiro atoms. The zero-order chi connectivity index (χ0) is 13.8. The first-order chi connectivity index (χ1) is 9.86. The van der Waals surface area contributed by atoms with Gasteiger partial charge in [-0.15, -0.1) is 0 Å². The Kier molecular flexibility index (Phi) is 4.46. The van der Waals surface area contributed by atoms with Crippen molar-refractivity contribution in [3.8, 4) is 11.5 Å². The third kappa shape index (κ3) is 3.09. The Balaban J connectivity index is 1.74. The van der Waals surface area contributed by atoms with Crippen molar-refractivity contribution < 1.29 is 9.47 Å². The highest BCUT2D eigenvalue weighted by Crippen LogP contribution is 2.36. The topological polar surface area (TPSA) is 30.5 Å². The van der Waals surface area contributed by atoms with Gasteiger partial charge in [-0.1, -0.05) is 6.07 Å². The van der Waals surface area contributed by atoms with Gasteiger partial charge in [-0.2, -0.15) is 0 Å². The molecule has 1 N–H and O–H groups in total. The molecule has 0 aromatic heterocycles. The van der Waals surface area contributed by atoms with E-state index in [0.717, 1.165) is 24.6 Å². The molecule has 20 heavy (non-hydrogen) atoms. The molecule has 2 fully saturated rings. The van der Waals surface area contributed by atoms with Crippen LogP contribution < -0.4 is 14.8 Å². The molecule has 3 rings (SSSR count). The number of piperidine rings is 1. The average molecular weight is 275 g/mol. The third-order valence-electron chi connectivity index (χ3n) is 4.59. The standard InChI is InChI=1S/C17H25NO2/c1-19-17-12-14(13-8-10-18-11-9-13)6-7-16(17)20-15-4-2-3-5-15/h6-7,12-13,15,18H,2-5,8-11H2,1H3. The second kappa shape index (κ2) is 6.49. The minimum absolute atomic E-state index is 0.383. The Bertz CT molecular complexity index is 435. The maximum absolute atomic E-state index is 6.10. The lowest BCUT2D eigenvalue weighted by Crippen LogP contribution is -2.26. The summed E-state index contributed by atoms with van der Waals surface area (Å²) in [6.45, 7) is 2.24. The molecule has 0 bridgehead atoms. The van der Waals surface area contributed by atoms with E-state index in [1.54, 1.807) is 7.11 Å². The number of methoxy groups -OCH3 is 1. The van der Waals surface area contributed by atoms with Crippen LogP contribution in [0.5, 0.6) is 11.5 Å². The maximum Gasteiger partial charge on any atom is 0.161 e. The van der Waals surface area contributed by atoms with Crippen LogP contribution in [-0.2, 0) is 0 Å². The van der Waals surface area contributed by atoms with Gasteiger partial charge in [0.25, 0.3) is 0 Å². The van der Waals surface area contributed by atoms with Crippen molar-refractivity contribution in [2.45, 2.75) is 50.5 Å². The number of ether oxygens (including phenoxy) is 2. The maximum atomic E-state index is 6.10. The lowest BCUT2D eigenvalue weighted by molar-refractivity contribution is 0.200. The number of benzene rings is 1. The SMILES string of the molecule is COc1cc(C2CCNCC2)ccc1OC1CCCC1. The van der Waals surface area contributed by atoms with Gasteiger partial charge in [-0.05, 0) is 75.2 Å². The molecule has 0 atom stereocenters. The van der Waals surface area contributed by atoms with Crippen LogP contribution >= 0.6 is 0 Å². The molecular weight excluding hydrogens is 250 g/mol. The minimum atomic E-state index is 0.383. The summed E-state index contributed by atoms with van der Waals surface area (Å²) in [5.41, 5.74) is 1.39. The Hall–Kier alpha value is -1.22.